The van der Waals surface area contributed by atoms with E-state index < -0.39 is 0 Å². The van der Waals surface area contributed by atoms with Crippen molar-refractivity contribution in [3.05, 3.63) is 28.2 Å². The van der Waals surface area contributed by atoms with E-state index in [4.69, 9.17) is 11.6 Å². The molecule has 0 heterocycles. The molecule has 0 saturated carbocycles. The minimum absolute atomic E-state index is 0.117. The van der Waals surface area contributed by atoms with Crippen molar-refractivity contribution < 1.29 is 14.3 Å². The fourth-order valence-electron chi connectivity index (χ4n) is 1.20. The molecule has 0 bridgehead atoms. The number of amides is 1. The Morgan fingerprint density at radius 3 is 2.76 bits per heavy atom. The van der Waals surface area contributed by atoms with Crippen LogP contribution in [-0.2, 0) is 20.7 Å². The van der Waals surface area contributed by atoms with Gasteiger partial charge >= 0.3 is 5.97 Å². The van der Waals surface area contributed by atoms with Crippen LogP contribution in [0.4, 0.5) is 5.69 Å². The third-order valence-electron chi connectivity index (χ3n) is 2.00. The van der Waals surface area contributed by atoms with Crippen molar-refractivity contribution in [1.29, 1.82) is 0 Å². The first kappa shape index (κ1) is 14.0. The standard InChI is InChI=1S/C11H11BrClNO3/c1-17-11(16)5-7-2-3-8(12)9(4-7)14-10(15)6-13/h2-4H,5-6H2,1H3,(H,14,15). The van der Waals surface area contributed by atoms with E-state index in [9.17, 15) is 9.59 Å². The summed E-state index contributed by atoms with van der Waals surface area (Å²) in [5.41, 5.74) is 1.34. The third-order valence-corrected chi connectivity index (χ3v) is 2.94. The predicted octanol–water partition coefficient (Wildman–Crippen LogP) is 2.34. The van der Waals surface area contributed by atoms with Gasteiger partial charge in [-0.05, 0) is 33.6 Å². The monoisotopic (exact) mass is 319 g/mol. The van der Waals surface area contributed by atoms with E-state index in [1.54, 1.807) is 18.2 Å². The van der Waals surface area contributed by atoms with Gasteiger partial charge < -0.3 is 10.1 Å². The number of esters is 1. The molecule has 0 unspecified atom stereocenters. The van der Waals surface area contributed by atoms with Gasteiger partial charge in [0.25, 0.3) is 0 Å². The molecule has 0 aliphatic heterocycles. The lowest BCUT2D eigenvalue weighted by Crippen LogP contribution is -2.13. The number of carbonyl (C=O) groups excluding carboxylic acids is 2. The second-order valence-corrected chi connectivity index (χ2v) is 4.37. The van der Waals surface area contributed by atoms with E-state index in [0.29, 0.717) is 5.69 Å². The van der Waals surface area contributed by atoms with Gasteiger partial charge in [-0.1, -0.05) is 6.07 Å². The van der Waals surface area contributed by atoms with Crippen molar-refractivity contribution in [2.45, 2.75) is 6.42 Å². The van der Waals surface area contributed by atoms with Crippen molar-refractivity contribution >= 4 is 45.1 Å². The fraction of sp³-hybridized carbons (Fsp3) is 0.273. The quantitative estimate of drug-likeness (QED) is 0.684. The number of anilines is 1. The lowest BCUT2D eigenvalue weighted by atomic mass is 10.1. The number of carbonyl (C=O) groups is 2. The molecule has 0 aromatic heterocycles. The molecule has 1 rings (SSSR count). The Balaban J connectivity index is 2.86. The minimum Gasteiger partial charge on any atom is -0.469 e. The van der Waals surface area contributed by atoms with Gasteiger partial charge in [0, 0.05) is 4.47 Å². The Labute approximate surface area is 112 Å². The summed E-state index contributed by atoms with van der Waals surface area (Å²) in [6.45, 7) is 0. The average molecular weight is 321 g/mol. The number of hydrogen-bond acceptors (Lipinski definition) is 3. The van der Waals surface area contributed by atoms with Crippen molar-refractivity contribution in [3.63, 3.8) is 0 Å². The first-order chi connectivity index (χ1) is 8.06. The molecule has 92 valence electrons. The highest BCUT2D eigenvalue weighted by Crippen LogP contribution is 2.24. The van der Waals surface area contributed by atoms with E-state index in [1.165, 1.54) is 7.11 Å². The molecular weight excluding hydrogens is 309 g/mol. The molecular formula is C11H11BrClNO3. The predicted molar refractivity (Wildman–Crippen MR) is 69.2 cm³/mol. The smallest absolute Gasteiger partial charge is 0.309 e. The molecule has 0 spiro atoms. The zero-order chi connectivity index (χ0) is 12.8. The van der Waals surface area contributed by atoms with Crippen LogP contribution in [0.3, 0.4) is 0 Å². The van der Waals surface area contributed by atoms with Crippen molar-refractivity contribution in [2.24, 2.45) is 0 Å². The van der Waals surface area contributed by atoms with Crippen LogP contribution in [0.5, 0.6) is 0 Å². The van der Waals surface area contributed by atoms with Gasteiger partial charge in [-0.15, -0.1) is 11.6 Å². The summed E-state index contributed by atoms with van der Waals surface area (Å²) >= 11 is 8.70. The van der Waals surface area contributed by atoms with Gasteiger partial charge in [-0.25, -0.2) is 0 Å². The molecule has 0 fully saturated rings. The molecule has 4 nitrogen and oxygen atoms in total. The van der Waals surface area contributed by atoms with Crippen LogP contribution in [-0.4, -0.2) is 24.9 Å². The number of rotatable bonds is 4. The average Bonchev–Trinajstić information content (AvgIpc) is 2.33. The highest BCUT2D eigenvalue weighted by Gasteiger charge is 2.08. The van der Waals surface area contributed by atoms with Gasteiger partial charge in [-0.3, -0.25) is 9.59 Å². The molecule has 1 amide bonds. The van der Waals surface area contributed by atoms with Gasteiger partial charge in [-0.2, -0.15) is 0 Å². The summed E-state index contributed by atoms with van der Waals surface area (Å²) in [7, 11) is 1.33. The Bertz CT molecular complexity index is 437. The van der Waals surface area contributed by atoms with E-state index in [1.807, 2.05) is 0 Å². The maximum atomic E-state index is 11.2. The summed E-state index contributed by atoms with van der Waals surface area (Å²) in [5, 5.41) is 2.62. The maximum absolute atomic E-state index is 11.2. The lowest BCUT2D eigenvalue weighted by Gasteiger charge is -2.08. The van der Waals surface area contributed by atoms with Crippen molar-refractivity contribution in [1.82, 2.24) is 0 Å². The molecule has 0 saturated heterocycles. The van der Waals surface area contributed by atoms with E-state index >= 15 is 0 Å². The van der Waals surface area contributed by atoms with Crippen LogP contribution in [0.1, 0.15) is 5.56 Å². The highest BCUT2D eigenvalue weighted by atomic mass is 79.9. The Kier molecular flexibility index (Phi) is 5.44. The minimum atomic E-state index is -0.332. The summed E-state index contributed by atoms with van der Waals surface area (Å²) < 4.78 is 5.29. The molecule has 0 atom stereocenters. The molecule has 17 heavy (non-hydrogen) atoms. The van der Waals surface area contributed by atoms with E-state index in [-0.39, 0.29) is 24.2 Å². The first-order valence-corrected chi connectivity index (χ1v) is 6.10. The number of benzene rings is 1. The molecule has 1 aromatic rings. The van der Waals surface area contributed by atoms with Crippen LogP contribution in [0.2, 0.25) is 0 Å². The topological polar surface area (TPSA) is 55.4 Å². The second kappa shape index (κ2) is 6.61. The summed E-state index contributed by atoms with van der Waals surface area (Å²) in [4.78, 5) is 22.3. The number of ether oxygens (including phenoxy) is 1. The Morgan fingerprint density at radius 1 is 1.47 bits per heavy atom. The zero-order valence-electron chi connectivity index (χ0n) is 9.13. The SMILES string of the molecule is COC(=O)Cc1ccc(Br)c(NC(=O)CCl)c1. The van der Waals surface area contributed by atoms with Gasteiger partial charge in [0.2, 0.25) is 5.91 Å². The third kappa shape index (κ3) is 4.36. The number of nitrogens with one attached hydrogen (secondary N) is 1. The van der Waals surface area contributed by atoms with Crippen LogP contribution in [0, 0.1) is 0 Å². The summed E-state index contributed by atoms with van der Waals surface area (Å²) in [6, 6.07) is 5.23. The molecule has 1 N–H and O–H groups in total. The lowest BCUT2D eigenvalue weighted by molar-refractivity contribution is -0.139. The van der Waals surface area contributed by atoms with Crippen LogP contribution >= 0.6 is 27.5 Å². The van der Waals surface area contributed by atoms with Gasteiger partial charge in [0.1, 0.15) is 5.88 Å². The molecule has 0 radical (unpaired) electrons. The maximum Gasteiger partial charge on any atom is 0.309 e. The zero-order valence-corrected chi connectivity index (χ0v) is 11.5. The van der Waals surface area contributed by atoms with Crippen molar-refractivity contribution in [2.75, 3.05) is 18.3 Å². The number of methoxy groups -OCH3 is 1. The molecule has 0 aliphatic rings. The van der Waals surface area contributed by atoms with Crippen LogP contribution in [0.15, 0.2) is 22.7 Å². The van der Waals surface area contributed by atoms with Gasteiger partial charge in [0.05, 0.1) is 19.2 Å². The van der Waals surface area contributed by atoms with Crippen molar-refractivity contribution in [3.8, 4) is 0 Å². The van der Waals surface area contributed by atoms with Gasteiger partial charge in [0.15, 0.2) is 0 Å². The molecule has 0 aliphatic carbocycles. The molecule has 6 heteroatoms. The Morgan fingerprint density at radius 2 is 2.18 bits per heavy atom. The fourth-order valence-corrected chi connectivity index (χ4v) is 1.61. The van der Waals surface area contributed by atoms with Crippen LogP contribution < -0.4 is 5.32 Å². The summed E-state index contributed by atoms with van der Waals surface area (Å²) in [6.07, 6.45) is 0.160. The highest BCUT2D eigenvalue weighted by molar-refractivity contribution is 9.10. The number of hydrogen-bond donors (Lipinski definition) is 1. The largest absolute Gasteiger partial charge is 0.469 e. The van der Waals surface area contributed by atoms with E-state index in [0.717, 1.165) is 10.0 Å². The summed E-state index contributed by atoms with van der Waals surface area (Å²) in [5.74, 6) is -0.752. The Hall–Kier alpha value is -1.07. The number of halogens is 2. The molecule has 1 aromatic carbocycles. The normalized spacial score (nSPS) is 9.82. The second-order valence-electron chi connectivity index (χ2n) is 3.25. The first-order valence-electron chi connectivity index (χ1n) is 4.78. The number of alkyl halides is 1. The van der Waals surface area contributed by atoms with E-state index in [2.05, 4.69) is 26.0 Å². The van der Waals surface area contributed by atoms with Crippen LogP contribution in [0.25, 0.3) is 0 Å².